The number of carbonyl (C=O) groups is 1. The minimum atomic E-state index is -0.235. The van der Waals surface area contributed by atoms with E-state index in [1.165, 1.54) is 5.56 Å². The van der Waals surface area contributed by atoms with Gasteiger partial charge in [-0.3, -0.25) is 4.79 Å². The molecule has 0 aliphatic carbocycles. The van der Waals surface area contributed by atoms with Gasteiger partial charge in [0.1, 0.15) is 0 Å². The number of hydrogen-bond acceptors (Lipinski definition) is 4. The van der Waals surface area contributed by atoms with Crippen molar-refractivity contribution in [2.75, 3.05) is 23.8 Å². The van der Waals surface area contributed by atoms with Crippen molar-refractivity contribution in [1.82, 2.24) is 0 Å². The highest BCUT2D eigenvalue weighted by Gasteiger charge is 2.10. The summed E-state index contributed by atoms with van der Waals surface area (Å²) in [5.41, 5.74) is 4.89. The van der Waals surface area contributed by atoms with Crippen molar-refractivity contribution >= 4 is 40.5 Å². The van der Waals surface area contributed by atoms with Gasteiger partial charge in [0.05, 0.1) is 16.7 Å². The predicted octanol–water partition coefficient (Wildman–Crippen LogP) is 6.64. The Morgan fingerprint density at radius 1 is 0.844 bits per heavy atom. The van der Waals surface area contributed by atoms with Crippen molar-refractivity contribution in [2.45, 2.75) is 27.3 Å². The van der Waals surface area contributed by atoms with Crippen LogP contribution in [0.4, 0.5) is 11.4 Å². The lowest BCUT2D eigenvalue weighted by Crippen LogP contribution is -2.20. The van der Waals surface area contributed by atoms with Crippen LogP contribution >= 0.6 is 23.2 Å². The number of aryl methyl sites for hydroxylation is 2. The van der Waals surface area contributed by atoms with Gasteiger partial charge >= 0.3 is 0 Å². The molecular formula is C25H26Cl2N2O3. The monoisotopic (exact) mass is 472 g/mol. The van der Waals surface area contributed by atoms with E-state index in [4.69, 9.17) is 32.7 Å². The lowest BCUT2D eigenvalue weighted by Gasteiger charge is -2.14. The number of nitrogens with one attached hydrogen (secondary N) is 2. The number of benzene rings is 3. The molecule has 0 aromatic heterocycles. The van der Waals surface area contributed by atoms with Crippen LogP contribution in [0, 0.1) is 13.8 Å². The molecule has 7 heteroatoms. The van der Waals surface area contributed by atoms with Gasteiger partial charge < -0.3 is 20.1 Å². The fourth-order valence-corrected chi connectivity index (χ4v) is 3.32. The normalized spacial score (nSPS) is 10.5. The molecule has 0 atom stereocenters. The molecule has 5 nitrogen and oxygen atoms in total. The standard InChI is InChI=1S/C25H26Cl2N2O3/c1-4-31-24-12-18(14-28-19-8-9-21(26)22(27)13-19)6-10-23(24)32-15-25(30)29-20-7-5-16(2)17(3)11-20/h5-13,28H,4,14-15H2,1-3H3,(H,29,30). The lowest BCUT2D eigenvalue weighted by molar-refractivity contribution is -0.118. The van der Waals surface area contributed by atoms with E-state index in [9.17, 15) is 4.79 Å². The van der Waals surface area contributed by atoms with Crippen molar-refractivity contribution < 1.29 is 14.3 Å². The molecule has 0 aliphatic heterocycles. The van der Waals surface area contributed by atoms with Crippen LogP contribution < -0.4 is 20.1 Å². The third kappa shape index (κ3) is 6.55. The Labute approximate surface area is 198 Å². The first kappa shape index (κ1) is 23.8. The van der Waals surface area contributed by atoms with Gasteiger partial charge in [-0.25, -0.2) is 0 Å². The number of anilines is 2. The zero-order valence-corrected chi connectivity index (χ0v) is 19.8. The molecule has 0 bridgehead atoms. The molecular weight excluding hydrogens is 447 g/mol. The van der Waals surface area contributed by atoms with Crippen LogP contribution in [0.25, 0.3) is 0 Å². The highest BCUT2D eigenvalue weighted by Crippen LogP contribution is 2.30. The van der Waals surface area contributed by atoms with Gasteiger partial charge in [-0.1, -0.05) is 35.3 Å². The quantitative estimate of drug-likeness (QED) is 0.366. The maximum atomic E-state index is 12.3. The van der Waals surface area contributed by atoms with E-state index in [0.717, 1.165) is 22.5 Å². The molecule has 0 fully saturated rings. The smallest absolute Gasteiger partial charge is 0.262 e. The Bertz CT molecular complexity index is 1100. The van der Waals surface area contributed by atoms with Gasteiger partial charge in [0.25, 0.3) is 5.91 Å². The summed E-state index contributed by atoms with van der Waals surface area (Å²) in [6.07, 6.45) is 0. The van der Waals surface area contributed by atoms with Gasteiger partial charge in [0, 0.05) is 17.9 Å². The van der Waals surface area contributed by atoms with Crippen LogP contribution in [0.15, 0.2) is 54.6 Å². The molecule has 2 N–H and O–H groups in total. The summed E-state index contributed by atoms with van der Waals surface area (Å²) in [4.78, 5) is 12.3. The topological polar surface area (TPSA) is 59.6 Å². The summed E-state index contributed by atoms with van der Waals surface area (Å²) in [7, 11) is 0. The van der Waals surface area contributed by atoms with Gasteiger partial charge in [-0.15, -0.1) is 0 Å². The lowest BCUT2D eigenvalue weighted by atomic mass is 10.1. The Balaban J connectivity index is 1.61. The fraction of sp³-hybridized carbons (Fsp3) is 0.240. The van der Waals surface area contributed by atoms with Crippen LogP contribution in [0.1, 0.15) is 23.6 Å². The summed E-state index contributed by atoms with van der Waals surface area (Å²) >= 11 is 12.0. The highest BCUT2D eigenvalue weighted by molar-refractivity contribution is 6.42. The molecule has 0 aliphatic rings. The molecule has 3 rings (SSSR count). The van der Waals surface area contributed by atoms with E-state index >= 15 is 0 Å². The highest BCUT2D eigenvalue weighted by atomic mass is 35.5. The summed E-state index contributed by atoms with van der Waals surface area (Å²) in [6, 6.07) is 16.8. The summed E-state index contributed by atoms with van der Waals surface area (Å²) in [6.45, 7) is 6.86. The fourth-order valence-electron chi connectivity index (χ4n) is 3.02. The second-order valence-electron chi connectivity index (χ2n) is 7.33. The molecule has 3 aromatic carbocycles. The third-order valence-corrected chi connectivity index (χ3v) is 5.61. The number of halogens is 2. The SMILES string of the molecule is CCOc1cc(CNc2ccc(Cl)c(Cl)c2)ccc1OCC(=O)Nc1ccc(C)c(C)c1. The summed E-state index contributed by atoms with van der Waals surface area (Å²) < 4.78 is 11.5. The van der Waals surface area contributed by atoms with Crippen LogP contribution in [0.3, 0.4) is 0 Å². The van der Waals surface area contributed by atoms with Crippen molar-refractivity contribution in [2.24, 2.45) is 0 Å². The van der Waals surface area contributed by atoms with Crippen molar-refractivity contribution in [1.29, 1.82) is 0 Å². The van der Waals surface area contributed by atoms with Gasteiger partial charge in [-0.2, -0.15) is 0 Å². The van der Waals surface area contributed by atoms with E-state index in [1.54, 1.807) is 18.2 Å². The average Bonchev–Trinajstić information content (AvgIpc) is 2.76. The Hall–Kier alpha value is -2.89. The zero-order valence-electron chi connectivity index (χ0n) is 18.3. The molecule has 1 amide bonds. The minimum Gasteiger partial charge on any atom is -0.490 e. The number of amides is 1. The van der Waals surface area contributed by atoms with Crippen molar-refractivity contribution in [3.63, 3.8) is 0 Å². The third-order valence-electron chi connectivity index (χ3n) is 4.87. The molecule has 0 saturated heterocycles. The second-order valence-corrected chi connectivity index (χ2v) is 8.15. The van der Waals surface area contributed by atoms with Crippen LogP contribution in [0.5, 0.6) is 11.5 Å². The molecule has 32 heavy (non-hydrogen) atoms. The van der Waals surface area contributed by atoms with Crippen LogP contribution in [-0.4, -0.2) is 19.1 Å². The van der Waals surface area contributed by atoms with Gasteiger partial charge in [0.15, 0.2) is 18.1 Å². The van der Waals surface area contributed by atoms with Crippen LogP contribution in [-0.2, 0) is 11.3 Å². The molecule has 168 valence electrons. The Kier molecular flexibility index (Phi) is 8.26. The van der Waals surface area contributed by atoms with Crippen LogP contribution in [0.2, 0.25) is 10.0 Å². The molecule has 3 aromatic rings. The first-order valence-electron chi connectivity index (χ1n) is 10.3. The summed E-state index contributed by atoms with van der Waals surface area (Å²) in [5.74, 6) is 0.862. The largest absolute Gasteiger partial charge is 0.490 e. The molecule has 0 spiro atoms. The van der Waals surface area contributed by atoms with E-state index < -0.39 is 0 Å². The number of ether oxygens (including phenoxy) is 2. The molecule has 0 unspecified atom stereocenters. The maximum Gasteiger partial charge on any atom is 0.262 e. The van der Waals surface area contributed by atoms with E-state index in [-0.39, 0.29) is 12.5 Å². The number of hydrogen-bond donors (Lipinski definition) is 2. The second kappa shape index (κ2) is 11.1. The predicted molar refractivity (Wildman–Crippen MR) is 131 cm³/mol. The Morgan fingerprint density at radius 3 is 2.34 bits per heavy atom. The molecule has 0 radical (unpaired) electrons. The summed E-state index contributed by atoms with van der Waals surface area (Å²) in [5, 5.41) is 7.16. The average molecular weight is 473 g/mol. The van der Waals surface area contributed by atoms with E-state index in [0.29, 0.717) is 34.7 Å². The zero-order chi connectivity index (χ0) is 23.1. The molecule has 0 saturated carbocycles. The number of carbonyl (C=O) groups excluding carboxylic acids is 1. The van der Waals surface area contributed by atoms with Crippen molar-refractivity contribution in [3.05, 3.63) is 81.3 Å². The maximum absolute atomic E-state index is 12.3. The first-order chi connectivity index (χ1) is 15.4. The van der Waals surface area contributed by atoms with Gasteiger partial charge in [0.2, 0.25) is 0 Å². The van der Waals surface area contributed by atoms with E-state index in [1.807, 2.05) is 57.2 Å². The van der Waals surface area contributed by atoms with Gasteiger partial charge in [-0.05, 0) is 79.9 Å². The van der Waals surface area contributed by atoms with Crippen molar-refractivity contribution in [3.8, 4) is 11.5 Å². The minimum absolute atomic E-state index is 0.117. The number of rotatable bonds is 9. The van der Waals surface area contributed by atoms with E-state index in [2.05, 4.69) is 10.6 Å². The Morgan fingerprint density at radius 2 is 1.62 bits per heavy atom. The first-order valence-corrected chi connectivity index (χ1v) is 11.1. The molecule has 0 heterocycles.